The van der Waals surface area contributed by atoms with Crippen molar-refractivity contribution in [1.29, 1.82) is 0 Å². The van der Waals surface area contributed by atoms with Gasteiger partial charge in [-0.05, 0) is 18.9 Å². The van der Waals surface area contributed by atoms with Crippen LogP contribution in [0, 0.1) is 5.41 Å². The zero-order chi connectivity index (χ0) is 15.3. The number of halogens is 1. The lowest BCUT2D eigenvalue weighted by Crippen LogP contribution is -2.37. The lowest BCUT2D eigenvalue weighted by molar-refractivity contribution is -0.148. The Morgan fingerprint density at radius 3 is 2.45 bits per heavy atom. The third-order valence-corrected chi connectivity index (χ3v) is 3.82. The number of hydrogen-bond acceptors (Lipinski definition) is 4. The summed E-state index contributed by atoms with van der Waals surface area (Å²) in [5.74, 6) is -1.14. The first kappa shape index (κ1) is 16.2. The van der Waals surface area contributed by atoms with Crippen LogP contribution in [-0.4, -0.2) is 28.5 Å². The topological polar surface area (TPSA) is 105 Å². The number of amides is 1. The average molecular weight is 300 g/mol. The highest BCUT2D eigenvalue weighted by molar-refractivity contribution is 6.33. The van der Waals surface area contributed by atoms with Gasteiger partial charge in [0.05, 0.1) is 16.0 Å². The molecule has 1 aromatic heterocycles. The maximum Gasteiger partial charge on any atom is 0.311 e. The quantitative estimate of drug-likeness (QED) is 0.715. The summed E-state index contributed by atoms with van der Waals surface area (Å²) in [6.07, 6.45) is 2.28. The SMILES string of the molecule is CCC(CC)(CNc1ncc(C(N)=O)cc1Cl)C(=O)O. The van der Waals surface area contributed by atoms with Gasteiger partial charge in [0.15, 0.2) is 0 Å². The van der Waals surface area contributed by atoms with Crippen LogP contribution < -0.4 is 11.1 Å². The number of rotatable bonds is 7. The maximum atomic E-state index is 11.4. The Labute approximate surface area is 122 Å². The first-order valence-corrected chi connectivity index (χ1v) is 6.66. The van der Waals surface area contributed by atoms with Crippen LogP contribution in [0.25, 0.3) is 0 Å². The Bertz CT molecular complexity index is 516. The molecule has 1 rings (SSSR count). The number of anilines is 1. The standard InChI is InChI=1S/C13H18ClN3O3/c1-3-13(4-2,12(19)20)7-17-11-9(14)5-8(6-16-11)10(15)18/h5-6H,3-4,7H2,1-2H3,(H2,15,18)(H,16,17)(H,19,20). The smallest absolute Gasteiger partial charge is 0.311 e. The molecule has 7 heteroatoms. The number of pyridine rings is 1. The van der Waals surface area contributed by atoms with Crippen molar-refractivity contribution in [1.82, 2.24) is 4.98 Å². The van der Waals surface area contributed by atoms with Crippen LogP contribution in [0.15, 0.2) is 12.3 Å². The van der Waals surface area contributed by atoms with Gasteiger partial charge in [-0.2, -0.15) is 0 Å². The predicted molar refractivity (Wildman–Crippen MR) is 76.9 cm³/mol. The van der Waals surface area contributed by atoms with Crippen LogP contribution in [-0.2, 0) is 4.79 Å². The van der Waals surface area contributed by atoms with Gasteiger partial charge < -0.3 is 16.2 Å². The van der Waals surface area contributed by atoms with Gasteiger partial charge in [-0.25, -0.2) is 4.98 Å². The van der Waals surface area contributed by atoms with E-state index < -0.39 is 17.3 Å². The molecule has 110 valence electrons. The molecule has 0 aliphatic rings. The maximum absolute atomic E-state index is 11.4. The third-order valence-electron chi connectivity index (χ3n) is 3.53. The number of primary amides is 1. The number of nitrogens with zero attached hydrogens (tertiary/aromatic N) is 1. The van der Waals surface area contributed by atoms with E-state index in [0.29, 0.717) is 18.7 Å². The van der Waals surface area contributed by atoms with E-state index in [4.69, 9.17) is 17.3 Å². The van der Waals surface area contributed by atoms with E-state index in [1.807, 2.05) is 13.8 Å². The highest BCUT2D eigenvalue weighted by Gasteiger charge is 2.34. The molecule has 1 heterocycles. The Hall–Kier alpha value is -1.82. The van der Waals surface area contributed by atoms with Crippen LogP contribution in [0.2, 0.25) is 5.02 Å². The summed E-state index contributed by atoms with van der Waals surface area (Å²) in [6, 6.07) is 1.40. The number of carbonyl (C=O) groups is 2. The summed E-state index contributed by atoms with van der Waals surface area (Å²) in [5.41, 5.74) is 4.46. The number of nitrogens with one attached hydrogen (secondary N) is 1. The van der Waals surface area contributed by atoms with E-state index in [9.17, 15) is 14.7 Å². The molecule has 20 heavy (non-hydrogen) atoms. The molecule has 0 aliphatic carbocycles. The molecular weight excluding hydrogens is 282 g/mol. The second-order valence-electron chi connectivity index (χ2n) is 4.56. The summed E-state index contributed by atoms with van der Waals surface area (Å²) in [4.78, 5) is 26.4. The van der Waals surface area contributed by atoms with E-state index in [1.54, 1.807) is 0 Å². The third kappa shape index (κ3) is 3.39. The molecular formula is C13H18ClN3O3. The highest BCUT2D eigenvalue weighted by atomic mass is 35.5. The fourth-order valence-corrected chi connectivity index (χ4v) is 2.07. The van der Waals surface area contributed by atoms with Crippen molar-refractivity contribution in [2.75, 3.05) is 11.9 Å². The summed E-state index contributed by atoms with van der Waals surface area (Å²) in [7, 11) is 0. The summed E-state index contributed by atoms with van der Waals surface area (Å²) in [6.45, 7) is 3.85. The molecule has 4 N–H and O–H groups in total. The largest absolute Gasteiger partial charge is 0.481 e. The second-order valence-corrected chi connectivity index (χ2v) is 4.97. The van der Waals surface area contributed by atoms with Gasteiger partial charge >= 0.3 is 5.97 Å². The van der Waals surface area contributed by atoms with Crippen LogP contribution in [0.4, 0.5) is 5.82 Å². The number of nitrogens with two attached hydrogens (primary N) is 1. The van der Waals surface area contributed by atoms with Gasteiger partial charge in [-0.15, -0.1) is 0 Å². The molecule has 0 spiro atoms. The van der Waals surface area contributed by atoms with E-state index in [-0.39, 0.29) is 17.1 Å². The van der Waals surface area contributed by atoms with Gasteiger partial charge in [0.1, 0.15) is 5.82 Å². The Kier molecular flexibility index (Phi) is 5.33. The zero-order valence-electron chi connectivity index (χ0n) is 11.4. The minimum Gasteiger partial charge on any atom is -0.481 e. The number of carboxylic acid groups (broad SMARTS) is 1. The fraction of sp³-hybridized carbons (Fsp3) is 0.462. The van der Waals surface area contributed by atoms with Crippen LogP contribution in [0.5, 0.6) is 0 Å². The van der Waals surface area contributed by atoms with Crippen LogP contribution in [0.3, 0.4) is 0 Å². The monoisotopic (exact) mass is 299 g/mol. The predicted octanol–water partition coefficient (Wildman–Crippen LogP) is 2.14. The number of carboxylic acids is 1. The molecule has 0 aromatic carbocycles. The van der Waals surface area contributed by atoms with E-state index >= 15 is 0 Å². The van der Waals surface area contributed by atoms with Crippen LogP contribution in [0.1, 0.15) is 37.0 Å². The first-order chi connectivity index (χ1) is 9.36. The fourth-order valence-electron chi connectivity index (χ4n) is 1.83. The van der Waals surface area contributed by atoms with Crippen molar-refractivity contribution < 1.29 is 14.7 Å². The minimum atomic E-state index is -0.868. The number of carbonyl (C=O) groups excluding carboxylic acids is 1. The molecule has 0 saturated heterocycles. The van der Waals surface area contributed by atoms with Crippen molar-refractivity contribution in [3.8, 4) is 0 Å². The lowest BCUT2D eigenvalue weighted by atomic mass is 9.82. The molecule has 6 nitrogen and oxygen atoms in total. The number of hydrogen-bond donors (Lipinski definition) is 3. The zero-order valence-corrected chi connectivity index (χ0v) is 12.2. The van der Waals surface area contributed by atoms with Crippen LogP contribution >= 0.6 is 11.6 Å². The van der Waals surface area contributed by atoms with Gasteiger partial charge in [0.2, 0.25) is 5.91 Å². The van der Waals surface area contributed by atoms with Crippen molar-refractivity contribution in [3.05, 3.63) is 22.8 Å². The molecule has 0 radical (unpaired) electrons. The second kappa shape index (κ2) is 6.56. The van der Waals surface area contributed by atoms with E-state index in [2.05, 4.69) is 10.3 Å². The molecule has 0 bridgehead atoms. The first-order valence-electron chi connectivity index (χ1n) is 6.29. The number of aliphatic carboxylic acids is 1. The minimum absolute atomic E-state index is 0.205. The van der Waals surface area contributed by atoms with Gasteiger partial charge in [0.25, 0.3) is 0 Å². The Morgan fingerprint density at radius 2 is 2.05 bits per heavy atom. The van der Waals surface area contributed by atoms with E-state index in [0.717, 1.165) is 0 Å². The van der Waals surface area contributed by atoms with Gasteiger partial charge in [0, 0.05) is 12.7 Å². The summed E-state index contributed by atoms with van der Waals surface area (Å²) < 4.78 is 0. The lowest BCUT2D eigenvalue weighted by Gasteiger charge is -2.27. The molecule has 0 fully saturated rings. The molecule has 1 aromatic rings. The summed E-state index contributed by atoms with van der Waals surface area (Å²) >= 11 is 5.99. The van der Waals surface area contributed by atoms with Crippen molar-refractivity contribution in [2.45, 2.75) is 26.7 Å². The number of aromatic nitrogens is 1. The van der Waals surface area contributed by atoms with Crippen molar-refractivity contribution >= 4 is 29.3 Å². The molecule has 0 aliphatic heterocycles. The Morgan fingerprint density at radius 1 is 1.45 bits per heavy atom. The van der Waals surface area contributed by atoms with Gasteiger partial charge in [-0.1, -0.05) is 25.4 Å². The normalized spacial score (nSPS) is 11.2. The molecule has 1 amide bonds. The average Bonchev–Trinajstić information content (AvgIpc) is 2.41. The summed E-state index contributed by atoms with van der Waals surface area (Å²) in [5, 5.41) is 12.5. The van der Waals surface area contributed by atoms with Crippen molar-refractivity contribution in [3.63, 3.8) is 0 Å². The molecule has 0 unspecified atom stereocenters. The highest BCUT2D eigenvalue weighted by Crippen LogP contribution is 2.28. The molecule has 0 atom stereocenters. The van der Waals surface area contributed by atoms with Crippen molar-refractivity contribution in [2.24, 2.45) is 11.1 Å². The van der Waals surface area contributed by atoms with E-state index in [1.165, 1.54) is 12.3 Å². The molecule has 0 saturated carbocycles. The Balaban J connectivity index is 2.89. The van der Waals surface area contributed by atoms with Gasteiger partial charge in [-0.3, -0.25) is 9.59 Å².